The molecule has 0 radical (unpaired) electrons. The summed E-state index contributed by atoms with van der Waals surface area (Å²) in [5.74, 6) is 0.240. The fourth-order valence-corrected chi connectivity index (χ4v) is 1.29. The quantitative estimate of drug-likeness (QED) is 0.401. The summed E-state index contributed by atoms with van der Waals surface area (Å²) in [6.07, 6.45) is 3.02. The van der Waals surface area contributed by atoms with E-state index in [1.165, 1.54) is 0 Å². The highest BCUT2D eigenvalue weighted by molar-refractivity contribution is 5.93. The number of nitrogens with zero attached hydrogens (tertiary/aromatic N) is 1. The standard InChI is InChI=1S/C9H16NO.HI/c1-8(11)9-4-6-10(2,3)7-5-9;/h4H,5-7H2,1-3H3;1H/q+1;/p-1. The van der Waals surface area contributed by atoms with Crippen molar-refractivity contribution in [3.05, 3.63) is 11.6 Å². The van der Waals surface area contributed by atoms with Gasteiger partial charge in [-0.15, -0.1) is 0 Å². The van der Waals surface area contributed by atoms with Crippen LogP contribution in [0, 0.1) is 0 Å². The smallest absolute Gasteiger partial charge is 0.155 e. The van der Waals surface area contributed by atoms with E-state index in [1.54, 1.807) is 6.92 Å². The van der Waals surface area contributed by atoms with Crippen LogP contribution in [-0.4, -0.2) is 37.5 Å². The van der Waals surface area contributed by atoms with Crippen LogP contribution in [0.2, 0.25) is 0 Å². The lowest BCUT2D eigenvalue weighted by molar-refractivity contribution is -0.885. The minimum Gasteiger partial charge on any atom is -1.00 e. The molecule has 0 spiro atoms. The fraction of sp³-hybridized carbons (Fsp3) is 0.667. The zero-order chi connectivity index (χ0) is 8.48. The van der Waals surface area contributed by atoms with E-state index >= 15 is 0 Å². The van der Waals surface area contributed by atoms with Crippen LogP contribution in [0.3, 0.4) is 0 Å². The molecule has 0 unspecified atom stereocenters. The lowest BCUT2D eigenvalue weighted by Gasteiger charge is -2.32. The Kier molecular flexibility index (Phi) is 4.40. The van der Waals surface area contributed by atoms with Crippen molar-refractivity contribution in [3.63, 3.8) is 0 Å². The van der Waals surface area contributed by atoms with Crippen LogP contribution in [-0.2, 0) is 4.79 Å². The minimum atomic E-state index is 0. The SMILES string of the molecule is CC(=O)C1=CC[N+](C)(C)CC1.[I-]. The lowest BCUT2D eigenvalue weighted by Crippen LogP contribution is -3.00. The van der Waals surface area contributed by atoms with E-state index < -0.39 is 0 Å². The molecule has 3 heteroatoms. The molecule has 0 bridgehead atoms. The molecule has 0 aromatic heterocycles. The van der Waals surface area contributed by atoms with Crippen molar-refractivity contribution < 1.29 is 33.3 Å². The number of likely N-dealkylation sites (N-methyl/N-ethyl adjacent to an activating group) is 1. The molecule has 0 aromatic carbocycles. The van der Waals surface area contributed by atoms with Gasteiger partial charge in [-0.25, -0.2) is 0 Å². The van der Waals surface area contributed by atoms with Crippen molar-refractivity contribution in [2.75, 3.05) is 27.2 Å². The number of hydrogen-bond donors (Lipinski definition) is 0. The van der Waals surface area contributed by atoms with Crippen LogP contribution >= 0.6 is 0 Å². The summed E-state index contributed by atoms with van der Waals surface area (Å²) in [5.41, 5.74) is 1.02. The summed E-state index contributed by atoms with van der Waals surface area (Å²) in [6.45, 7) is 3.73. The summed E-state index contributed by atoms with van der Waals surface area (Å²) >= 11 is 0. The van der Waals surface area contributed by atoms with Crippen LogP contribution < -0.4 is 24.0 Å². The molecule has 0 amide bonds. The van der Waals surface area contributed by atoms with Crippen LogP contribution in [0.25, 0.3) is 0 Å². The van der Waals surface area contributed by atoms with Gasteiger partial charge in [0, 0.05) is 12.0 Å². The van der Waals surface area contributed by atoms with E-state index in [-0.39, 0.29) is 29.8 Å². The van der Waals surface area contributed by atoms with E-state index in [2.05, 4.69) is 20.2 Å². The average Bonchev–Trinajstić information content (AvgIpc) is 1.86. The van der Waals surface area contributed by atoms with Crippen LogP contribution in [0.4, 0.5) is 0 Å². The molecule has 0 N–H and O–H groups in total. The molecule has 70 valence electrons. The van der Waals surface area contributed by atoms with E-state index in [0.29, 0.717) is 0 Å². The van der Waals surface area contributed by atoms with Gasteiger partial charge in [-0.05, 0) is 13.0 Å². The average molecular weight is 281 g/mol. The minimum absolute atomic E-state index is 0. The second kappa shape index (κ2) is 4.37. The third-order valence-electron chi connectivity index (χ3n) is 2.27. The molecule has 12 heavy (non-hydrogen) atoms. The third-order valence-corrected chi connectivity index (χ3v) is 2.27. The van der Waals surface area contributed by atoms with Crippen LogP contribution in [0.5, 0.6) is 0 Å². The maximum Gasteiger partial charge on any atom is 0.155 e. The monoisotopic (exact) mass is 281 g/mol. The van der Waals surface area contributed by atoms with Crippen molar-refractivity contribution in [1.29, 1.82) is 0 Å². The number of Topliss-reactive ketones (excluding diaryl/α,β-unsaturated/α-hetero) is 1. The normalized spacial score (nSPS) is 20.8. The zero-order valence-corrected chi connectivity index (χ0v) is 10.1. The Morgan fingerprint density at radius 2 is 2.08 bits per heavy atom. The molecule has 1 rings (SSSR count). The zero-order valence-electron chi connectivity index (χ0n) is 7.93. The van der Waals surface area contributed by atoms with Gasteiger partial charge in [-0.2, -0.15) is 0 Å². The number of ketones is 1. The molecule has 1 aliphatic heterocycles. The Hall–Kier alpha value is 0.1000. The summed E-state index contributed by atoms with van der Waals surface area (Å²) in [6, 6.07) is 0. The summed E-state index contributed by atoms with van der Waals surface area (Å²) < 4.78 is 1.01. The highest BCUT2D eigenvalue weighted by Gasteiger charge is 2.20. The number of quaternary nitrogens is 1. The molecule has 1 heterocycles. The number of halogens is 1. The Bertz CT molecular complexity index is 209. The van der Waals surface area contributed by atoms with Gasteiger partial charge in [0.25, 0.3) is 0 Å². The van der Waals surface area contributed by atoms with E-state index in [1.807, 2.05) is 0 Å². The van der Waals surface area contributed by atoms with Gasteiger partial charge < -0.3 is 28.5 Å². The Morgan fingerprint density at radius 3 is 2.42 bits per heavy atom. The second-order valence-corrected chi connectivity index (χ2v) is 3.88. The molecule has 0 aliphatic carbocycles. The van der Waals surface area contributed by atoms with Crippen molar-refractivity contribution in [1.82, 2.24) is 0 Å². The fourth-order valence-electron chi connectivity index (χ4n) is 1.29. The van der Waals surface area contributed by atoms with Crippen LogP contribution in [0.15, 0.2) is 11.6 Å². The summed E-state index contributed by atoms with van der Waals surface area (Å²) in [5, 5.41) is 0. The highest BCUT2D eigenvalue weighted by Crippen LogP contribution is 2.14. The largest absolute Gasteiger partial charge is 1.00 e. The predicted octanol–water partition coefficient (Wildman–Crippen LogP) is -2.01. The number of carbonyl (C=O) groups is 1. The van der Waals surface area contributed by atoms with Gasteiger partial charge in [0.1, 0.15) is 0 Å². The third kappa shape index (κ3) is 3.23. The molecule has 0 saturated heterocycles. The molecule has 0 aromatic rings. The second-order valence-electron chi connectivity index (χ2n) is 3.88. The first-order valence-electron chi connectivity index (χ1n) is 4.03. The maximum absolute atomic E-state index is 10.9. The first-order chi connectivity index (χ1) is 5.01. The molecule has 1 aliphatic rings. The Balaban J connectivity index is 0.00000121. The first-order valence-corrected chi connectivity index (χ1v) is 4.03. The number of carbonyl (C=O) groups excluding carboxylic acids is 1. The van der Waals surface area contributed by atoms with E-state index in [4.69, 9.17) is 0 Å². The topological polar surface area (TPSA) is 17.1 Å². The number of hydrogen-bond acceptors (Lipinski definition) is 1. The molecular formula is C9H16INO. The van der Waals surface area contributed by atoms with Gasteiger partial charge in [-0.3, -0.25) is 4.79 Å². The van der Waals surface area contributed by atoms with Crippen molar-refractivity contribution >= 4 is 5.78 Å². The van der Waals surface area contributed by atoms with Gasteiger partial charge in [0.05, 0.1) is 27.2 Å². The first kappa shape index (κ1) is 12.1. The molecule has 2 nitrogen and oxygen atoms in total. The van der Waals surface area contributed by atoms with Gasteiger partial charge in [-0.1, -0.05) is 0 Å². The summed E-state index contributed by atoms with van der Waals surface area (Å²) in [7, 11) is 4.38. The molecule has 0 fully saturated rings. The van der Waals surface area contributed by atoms with Crippen LogP contribution in [0.1, 0.15) is 13.3 Å². The van der Waals surface area contributed by atoms with Crippen molar-refractivity contribution in [3.8, 4) is 0 Å². The molecule has 0 atom stereocenters. The van der Waals surface area contributed by atoms with Gasteiger partial charge >= 0.3 is 0 Å². The van der Waals surface area contributed by atoms with Crippen molar-refractivity contribution in [2.45, 2.75) is 13.3 Å². The predicted molar refractivity (Wildman–Crippen MR) is 45.2 cm³/mol. The van der Waals surface area contributed by atoms with Gasteiger partial charge in [0.15, 0.2) is 5.78 Å². The van der Waals surface area contributed by atoms with E-state index in [9.17, 15) is 4.79 Å². The number of rotatable bonds is 1. The van der Waals surface area contributed by atoms with Crippen molar-refractivity contribution in [2.24, 2.45) is 0 Å². The highest BCUT2D eigenvalue weighted by atomic mass is 127. The molecule has 0 saturated carbocycles. The maximum atomic E-state index is 10.9. The summed E-state index contributed by atoms with van der Waals surface area (Å²) in [4.78, 5) is 10.9. The molecular weight excluding hydrogens is 265 g/mol. The van der Waals surface area contributed by atoms with Gasteiger partial charge in [0.2, 0.25) is 0 Å². The Morgan fingerprint density at radius 1 is 1.50 bits per heavy atom. The van der Waals surface area contributed by atoms with E-state index in [0.717, 1.165) is 29.6 Å². The Labute approximate surface area is 91.2 Å². The lowest BCUT2D eigenvalue weighted by atomic mass is 10.0.